The third kappa shape index (κ3) is 4.29. The van der Waals surface area contributed by atoms with Gasteiger partial charge in [0.15, 0.2) is 6.10 Å². The zero-order valence-corrected chi connectivity index (χ0v) is 14.8. The van der Waals surface area contributed by atoms with Crippen LogP contribution in [0.15, 0.2) is 36.4 Å². The van der Waals surface area contributed by atoms with E-state index in [-0.39, 0.29) is 17.2 Å². The molecule has 0 saturated heterocycles. The van der Waals surface area contributed by atoms with Gasteiger partial charge >= 0.3 is 0 Å². The number of ether oxygens (including phenoxy) is 2. The second-order valence-electron chi connectivity index (χ2n) is 5.74. The number of carbonyl (C=O) groups is 2. The standard InChI is InChI=1S/C19H22N2O4/c1-11-6-5-7-12(2)17(11)21-19(23)13(3)25-16-10-14(24-4)8-9-15(16)18(20)22/h5-10,13H,1-4H3,(H2,20,22)(H,21,23). The fourth-order valence-corrected chi connectivity index (χ4v) is 2.41. The first-order chi connectivity index (χ1) is 11.8. The zero-order chi connectivity index (χ0) is 18.6. The topological polar surface area (TPSA) is 90.7 Å². The summed E-state index contributed by atoms with van der Waals surface area (Å²) in [4.78, 5) is 24.0. The average molecular weight is 342 g/mol. The lowest BCUT2D eigenvalue weighted by Crippen LogP contribution is -2.31. The van der Waals surface area contributed by atoms with Crippen molar-refractivity contribution in [2.24, 2.45) is 5.73 Å². The summed E-state index contributed by atoms with van der Waals surface area (Å²) in [5.41, 5.74) is 8.22. The Labute approximate surface area is 146 Å². The molecule has 3 N–H and O–H groups in total. The normalized spacial score (nSPS) is 11.5. The Morgan fingerprint density at radius 3 is 2.32 bits per heavy atom. The number of primary amides is 1. The molecule has 0 fully saturated rings. The molecule has 132 valence electrons. The zero-order valence-electron chi connectivity index (χ0n) is 14.8. The highest BCUT2D eigenvalue weighted by Crippen LogP contribution is 2.26. The number of aryl methyl sites for hydroxylation is 2. The highest BCUT2D eigenvalue weighted by molar-refractivity contribution is 5.97. The minimum atomic E-state index is -0.829. The van der Waals surface area contributed by atoms with Crippen molar-refractivity contribution < 1.29 is 19.1 Å². The van der Waals surface area contributed by atoms with Crippen LogP contribution < -0.4 is 20.5 Å². The van der Waals surface area contributed by atoms with E-state index in [1.54, 1.807) is 13.0 Å². The van der Waals surface area contributed by atoms with Crippen molar-refractivity contribution in [1.82, 2.24) is 0 Å². The molecule has 1 atom stereocenters. The first kappa shape index (κ1) is 18.3. The van der Waals surface area contributed by atoms with Crippen LogP contribution in [-0.2, 0) is 4.79 Å². The molecular formula is C19H22N2O4. The lowest BCUT2D eigenvalue weighted by molar-refractivity contribution is -0.122. The first-order valence-electron chi connectivity index (χ1n) is 7.85. The van der Waals surface area contributed by atoms with Crippen molar-refractivity contribution in [3.8, 4) is 11.5 Å². The van der Waals surface area contributed by atoms with Crippen LogP contribution in [0.25, 0.3) is 0 Å². The Kier molecular flexibility index (Phi) is 5.64. The van der Waals surface area contributed by atoms with Crippen LogP contribution in [0.5, 0.6) is 11.5 Å². The van der Waals surface area contributed by atoms with E-state index in [0.29, 0.717) is 5.75 Å². The number of methoxy groups -OCH3 is 1. The van der Waals surface area contributed by atoms with Crippen LogP contribution in [0.1, 0.15) is 28.4 Å². The van der Waals surface area contributed by atoms with E-state index < -0.39 is 12.0 Å². The minimum absolute atomic E-state index is 0.188. The van der Waals surface area contributed by atoms with Gasteiger partial charge in [0.25, 0.3) is 11.8 Å². The van der Waals surface area contributed by atoms with Crippen LogP contribution in [-0.4, -0.2) is 25.0 Å². The van der Waals surface area contributed by atoms with Gasteiger partial charge in [-0.3, -0.25) is 9.59 Å². The smallest absolute Gasteiger partial charge is 0.265 e. The molecule has 0 spiro atoms. The summed E-state index contributed by atoms with van der Waals surface area (Å²) in [6, 6.07) is 10.4. The molecule has 0 heterocycles. The van der Waals surface area contributed by atoms with Crippen LogP contribution >= 0.6 is 0 Å². The highest BCUT2D eigenvalue weighted by Gasteiger charge is 2.20. The second-order valence-corrected chi connectivity index (χ2v) is 5.74. The Bertz CT molecular complexity index is 782. The number of nitrogens with one attached hydrogen (secondary N) is 1. The number of para-hydroxylation sites is 1. The largest absolute Gasteiger partial charge is 0.497 e. The van der Waals surface area contributed by atoms with Gasteiger partial charge in [0.1, 0.15) is 11.5 Å². The molecule has 0 aliphatic carbocycles. The number of hydrogen-bond acceptors (Lipinski definition) is 4. The molecule has 0 aromatic heterocycles. The first-order valence-corrected chi connectivity index (χ1v) is 7.85. The van der Waals surface area contributed by atoms with E-state index in [1.807, 2.05) is 32.0 Å². The molecule has 0 bridgehead atoms. The fraction of sp³-hybridized carbons (Fsp3) is 0.263. The van der Waals surface area contributed by atoms with Gasteiger partial charge in [-0.2, -0.15) is 0 Å². The van der Waals surface area contributed by atoms with Crippen molar-refractivity contribution in [2.75, 3.05) is 12.4 Å². The summed E-state index contributed by atoms with van der Waals surface area (Å²) in [7, 11) is 1.50. The quantitative estimate of drug-likeness (QED) is 0.844. The number of anilines is 1. The number of rotatable bonds is 6. The number of hydrogen-bond donors (Lipinski definition) is 2. The highest BCUT2D eigenvalue weighted by atomic mass is 16.5. The lowest BCUT2D eigenvalue weighted by Gasteiger charge is -2.18. The van der Waals surface area contributed by atoms with Gasteiger partial charge in [-0.05, 0) is 44.0 Å². The fourth-order valence-electron chi connectivity index (χ4n) is 2.41. The molecule has 0 aliphatic heterocycles. The summed E-state index contributed by atoms with van der Waals surface area (Å²) in [5, 5.41) is 2.86. The third-order valence-corrected chi connectivity index (χ3v) is 3.86. The lowest BCUT2D eigenvalue weighted by atomic mass is 10.1. The maximum Gasteiger partial charge on any atom is 0.265 e. The predicted molar refractivity (Wildman–Crippen MR) is 96.1 cm³/mol. The third-order valence-electron chi connectivity index (χ3n) is 3.86. The second kappa shape index (κ2) is 7.70. The molecular weight excluding hydrogens is 320 g/mol. The van der Waals surface area contributed by atoms with Crippen molar-refractivity contribution >= 4 is 17.5 Å². The van der Waals surface area contributed by atoms with Crippen LogP contribution in [0, 0.1) is 13.8 Å². The molecule has 6 heteroatoms. The van der Waals surface area contributed by atoms with Gasteiger partial charge in [-0.1, -0.05) is 18.2 Å². The van der Waals surface area contributed by atoms with E-state index in [4.69, 9.17) is 15.2 Å². The van der Waals surface area contributed by atoms with Crippen molar-refractivity contribution in [3.63, 3.8) is 0 Å². The van der Waals surface area contributed by atoms with Gasteiger partial charge in [-0.25, -0.2) is 0 Å². The van der Waals surface area contributed by atoms with Gasteiger partial charge in [0.05, 0.1) is 12.7 Å². The van der Waals surface area contributed by atoms with Gasteiger partial charge in [0.2, 0.25) is 0 Å². The molecule has 0 saturated carbocycles. The molecule has 1 unspecified atom stereocenters. The Balaban J connectivity index is 2.20. The van der Waals surface area contributed by atoms with Crippen LogP contribution in [0.2, 0.25) is 0 Å². The number of amides is 2. The van der Waals surface area contributed by atoms with Crippen LogP contribution in [0.3, 0.4) is 0 Å². The minimum Gasteiger partial charge on any atom is -0.497 e. The van der Waals surface area contributed by atoms with Gasteiger partial charge < -0.3 is 20.5 Å². The summed E-state index contributed by atoms with van der Waals surface area (Å²) in [5.74, 6) is -0.256. The van der Waals surface area contributed by atoms with Crippen molar-refractivity contribution in [1.29, 1.82) is 0 Å². The van der Waals surface area contributed by atoms with Crippen LogP contribution in [0.4, 0.5) is 5.69 Å². The summed E-state index contributed by atoms with van der Waals surface area (Å²) >= 11 is 0. The molecule has 25 heavy (non-hydrogen) atoms. The van der Waals surface area contributed by atoms with E-state index in [9.17, 15) is 9.59 Å². The van der Waals surface area contributed by atoms with E-state index >= 15 is 0 Å². The summed E-state index contributed by atoms with van der Waals surface area (Å²) in [6.07, 6.45) is -0.829. The van der Waals surface area contributed by atoms with E-state index in [2.05, 4.69) is 5.32 Å². The molecule has 2 rings (SSSR count). The molecule has 2 amide bonds. The number of carbonyl (C=O) groups excluding carboxylic acids is 2. The number of nitrogens with two attached hydrogens (primary N) is 1. The SMILES string of the molecule is COc1ccc(C(N)=O)c(OC(C)C(=O)Nc2c(C)cccc2C)c1. The van der Waals surface area contributed by atoms with E-state index in [1.165, 1.54) is 19.2 Å². The Morgan fingerprint density at radius 2 is 1.76 bits per heavy atom. The maximum absolute atomic E-state index is 12.5. The molecule has 6 nitrogen and oxygen atoms in total. The monoisotopic (exact) mass is 342 g/mol. The Hall–Kier alpha value is -3.02. The van der Waals surface area contributed by atoms with Crippen molar-refractivity contribution in [3.05, 3.63) is 53.1 Å². The summed E-state index contributed by atoms with van der Waals surface area (Å²) < 4.78 is 10.8. The Morgan fingerprint density at radius 1 is 1.12 bits per heavy atom. The molecule has 2 aromatic carbocycles. The molecule has 0 radical (unpaired) electrons. The molecule has 2 aromatic rings. The predicted octanol–water partition coefficient (Wildman–Crippen LogP) is 2.82. The summed E-state index contributed by atoms with van der Waals surface area (Å²) in [6.45, 7) is 5.44. The van der Waals surface area contributed by atoms with Gasteiger partial charge in [-0.15, -0.1) is 0 Å². The molecule has 0 aliphatic rings. The van der Waals surface area contributed by atoms with Crippen molar-refractivity contribution in [2.45, 2.75) is 26.9 Å². The number of benzene rings is 2. The average Bonchev–Trinajstić information content (AvgIpc) is 2.57. The van der Waals surface area contributed by atoms with E-state index in [0.717, 1.165) is 16.8 Å². The maximum atomic E-state index is 12.5. The van der Waals surface area contributed by atoms with Gasteiger partial charge in [0, 0.05) is 11.8 Å².